The van der Waals surface area contributed by atoms with E-state index in [1.807, 2.05) is 0 Å². The first kappa shape index (κ1) is 8.81. The molecule has 0 N–H and O–H groups in total. The van der Waals surface area contributed by atoms with Crippen LogP contribution in [-0.2, 0) is 0 Å². The minimum atomic E-state index is -1.09. The zero-order valence-electron chi connectivity index (χ0n) is 7.47. The lowest BCUT2D eigenvalue weighted by molar-refractivity contribution is 0.427. The van der Waals surface area contributed by atoms with Crippen molar-refractivity contribution < 1.29 is 4.74 Å². The number of ether oxygens (including phenoxy) is 1. The average molecular weight is 186 g/mol. The van der Waals surface area contributed by atoms with Crippen LogP contribution in [-0.4, -0.2) is 15.2 Å². The first-order valence-corrected chi connectivity index (χ1v) is 8.00. The summed E-state index contributed by atoms with van der Waals surface area (Å²) in [7, 11) is 0.632. The summed E-state index contributed by atoms with van der Waals surface area (Å²) in [6.45, 7) is 7.04. The van der Waals surface area contributed by atoms with E-state index in [1.165, 1.54) is 4.50 Å². The average Bonchev–Trinajstić information content (AvgIpc) is 2.32. The summed E-state index contributed by atoms with van der Waals surface area (Å²) >= 11 is 1.78. The molecule has 0 aromatic carbocycles. The Morgan fingerprint density at radius 3 is 2.18 bits per heavy atom. The first-order chi connectivity index (χ1) is 5.04. The molecule has 0 unspecified atom stereocenters. The van der Waals surface area contributed by atoms with Crippen LogP contribution in [0.25, 0.3) is 0 Å². The molecule has 0 aliphatic carbocycles. The molecule has 1 rings (SSSR count). The maximum atomic E-state index is 5.13. The fourth-order valence-corrected chi connectivity index (χ4v) is 3.52. The van der Waals surface area contributed by atoms with Crippen molar-refractivity contribution in [2.45, 2.75) is 19.6 Å². The van der Waals surface area contributed by atoms with E-state index >= 15 is 0 Å². The molecule has 0 aliphatic rings. The standard InChI is InChI=1S/C8H14OSSi/c1-9-7-5-6-8(10-7)11(2,3)4/h5-6H,1-4H3. The van der Waals surface area contributed by atoms with Crippen LogP contribution >= 0.6 is 11.3 Å². The van der Waals surface area contributed by atoms with Gasteiger partial charge in [-0.2, -0.15) is 0 Å². The number of thiophene rings is 1. The highest BCUT2D eigenvalue weighted by molar-refractivity contribution is 7.27. The Morgan fingerprint density at radius 1 is 1.27 bits per heavy atom. The molecule has 11 heavy (non-hydrogen) atoms. The monoisotopic (exact) mass is 186 g/mol. The fraction of sp³-hybridized carbons (Fsp3) is 0.500. The van der Waals surface area contributed by atoms with E-state index in [2.05, 4.69) is 31.8 Å². The molecule has 1 nitrogen and oxygen atoms in total. The fourth-order valence-electron chi connectivity index (χ4n) is 0.833. The molecule has 0 saturated carbocycles. The van der Waals surface area contributed by atoms with Gasteiger partial charge in [0.1, 0.15) is 0 Å². The Morgan fingerprint density at radius 2 is 1.91 bits per heavy atom. The third kappa shape index (κ3) is 2.07. The predicted molar refractivity (Wildman–Crippen MR) is 53.9 cm³/mol. The molecule has 3 heteroatoms. The van der Waals surface area contributed by atoms with Crippen molar-refractivity contribution in [3.8, 4) is 5.06 Å². The van der Waals surface area contributed by atoms with Gasteiger partial charge in [0.05, 0.1) is 15.2 Å². The second-order valence-corrected chi connectivity index (χ2v) is 10.0. The lowest BCUT2D eigenvalue weighted by Crippen LogP contribution is -2.34. The zero-order valence-corrected chi connectivity index (χ0v) is 9.29. The highest BCUT2D eigenvalue weighted by Gasteiger charge is 2.18. The van der Waals surface area contributed by atoms with Gasteiger partial charge in [-0.1, -0.05) is 19.6 Å². The maximum absolute atomic E-state index is 5.13. The van der Waals surface area contributed by atoms with Gasteiger partial charge in [0, 0.05) is 0 Å². The lowest BCUT2D eigenvalue weighted by atomic mass is 10.6. The normalized spacial score (nSPS) is 11.6. The van der Waals surface area contributed by atoms with Crippen LogP contribution in [0.3, 0.4) is 0 Å². The Labute approximate surface area is 73.0 Å². The van der Waals surface area contributed by atoms with Crippen LogP contribution in [0.4, 0.5) is 0 Å². The summed E-state index contributed by atoms with van der Waals surface area (Å²) < 4.78 is 6.64. The quantitative estimate of drug-likeness (QED) is 0.644. The molecule has 0 saturated heterocycles. The third-order valence-electron chi connectivity index (χ3n) is 1.52. The summed E-state index contributed by atoms with van der Waals surface area (Å²) in [5, 5.41) is 1.03. The number of hydrogen-bond acceptors (Lipinski definition) is 2. The van der Waals surface area contributed by atoms with Gasteiger partial charge >= 0.3 is 0 Å². The van der Waals surface area contributed by atoms with Gasteiger partial charge in [0.2, 0.25) is 0 Å². The SMILES string of the molecule is COc1ccc([Si](C)(C)C)s1. The summed E-state index contributed by atoms with van der Waals surface area (Å²) in [5.74, 6) is 0. The molecule has 0 aliphatic heterocycles. The number of hydrogen-bond donors (Lipinski definition) is 0. The Kier molecular flexibility index (Phi) is 2.39. The summed E-state index contributed by atoms with van der Waals surface area (Å²) in [6, 6.07) is 4.24. The van der Waals surface area contributed by atoms with Gasteiger partial charge in [0.15, 0.2) is 5.06 Å². The molecule has 0 atom stereocenters. The maximum Gasteiger partial charge on any atom is 0.173 e. The Hall–Kier alpha value is -0.283. The molecule has 0 fully saturated rings. The highest BCUT2D eigenvalue weighted by Crippen LogP contribution is 2.19. The third-order valence-corrected chi connectivity index (χ3v) is 6.17. The predicted octanol–water partition coefficient (Wildman–Crippen LogP) is 2.30. The van der Waals surface area contributed by atoms with Crippen LogP contribution in [0.1, 0.15) is 0 Å². The first-order valence-electron chi connectivity index (χ1n) is 3.68. The lowest BCUT2D eigenvalue weighted by Gasteiger charge is -2.11. The topological polar surface area (TPSA) is 9.23 Å². The van der Waals surface area contributed by atoms with E-state index in [0.717, 1.165) is 5.06 Å². The van der Waals surface area contributed by atoms with Crippen LogP contribution < -0.4 is 9.24 Å². The second kappa shape index (κ2) is 2.99. The Balaban J connectivity index is 2.89. The van der Waals surface area contributed by atoms with Crippen LogP contribution in [0.2, 0.25) is 19.6 Å². The molecule has 0 amide bonds. The van der Waals surface area contributed by atoms with Gasteiger partial charge in [-0.15, -0.1) is 11.3 Å². The smallest absolute Gasteiger partial charge is 0.173 e. The molecule has 0 radical (unpaired) electrons. The van der Waals surface area contributed by atoms with E-state index in [0.29, 0.717) is 0 Å². The van der Waals surface area contributed by atoms with E-state index in [9.17, 15) is 0 Å². The summed E-state index contributed by atoms with van der Waals surface area (Å²) in [4.78, 5) is 0. The highest BCUT2D eigenvalue weighted by atomic mass is 32.1. The molecule has 1 aromatic rings. The van der Waals surface area contributed by atoms with Crippen molar-refractivity contribution in [1.29, 1.82) is 0 Å². The minimum Gasteiger partial charge on any atom is -0.487 e. The molecular weight excluding hydrogens is 172 g/mol. The number of rotatable bonds is 2. The molecule has 0 bridgehead atoms. The van der Waals surface area contributed by atoms with Gasteiger partial charge in [-0.3, -0.25) is 0 Å². The minimum absolute atomic E-state index is 1.03. The van der Waals surface area contributed by atoms with Gasteiger partial charge in [-0.25, -0.2) is 0 Å². The molecule has 62 valence electrons. The van der Waals surface area contributed by atoms with Crippen molar-refractivity contribution >= 4 is 23.9 Å². The molecular formula is C8H14OSSi. The van der Waals surface area contributed by atoms with Crippen LogP contribution in [0.5, 0.6) is 5.06 Å². The van der Waals surface area contributed by atoms with Gasteiger partial charge < -0.3 is 4.74 Å². The molecule has 1 aromatic heterocycles. The summed E-state index contributed by atoms with van der Waals surface area (Å²) in [5.41, 5.74) is 0. The van der Waals surface area contributed by atoms with Crippen molar-refractivity contribution in [1.82, 2.24) is 0 Å². The van der Waals surface area contributed by atoms with E-state index < -0.39 is 8.07 Å². The molecule has 1 heterocycles. The van der Waals surface area contributed by atoms with Crippen molar-refractivity contribution in [3.63, 3.8) is 0 Å². The number of methoxy groups -OCH3 is 1. The van der Waals surface area contributed by atoms with Crippen molar-refractivity contribution in [2.24, 2.45) is 0 Å². The summed E-state index contributed by atoms with van der Waals surface area (Å²) in [6.07, 6.45) is 0. The van der Waals surface area contributed by atoms with Gasteiger partial charge in [-0.05, 0) is 16.6 Å². The van der Waals surface area contributed by atoms with Gasteiger partial charge in [0.25, 0.3) is 0 Å². The largest absolute Gasteiger partial charge is 0.487 e. The van der Waals surface area contributed by atoms with Crippen molar-refractivity contribution in [2.75, 3.05) is 7.11 Å². The second-order valence-electron chi connectivity index (χ2n) is 3.57. The Bertz CT molecular complexity index is 236. The molecule has 0 spiro atoms. The van der Waals surface area contributed by atoms with E-state index in [-0.39, 0.29) is 0 Å². The van der Waals surface area contributed by atoms with E-state index in [4.69, 9.17) is 4.74 Å². The van der Waals surface area contributed by atoms with Crippen molar-refractivity contribution in [3.05, 3.63) is 12.1 Å². The zero-order chi connectivity index (χ0) is 8.48. The van der Waals surface area contributed by atoms with Crippen LogP contribution in [0.15, 0.2) is 12.1 Å². The van der Waals surface area contributed by atoms with Crippen LogP contribution in [0, 0.1) is 0 Å². The van der Waals surface area contributed by atoms with E-state index in [1.54, 1.807) is 18.4 Å².